The quantitative estimate of drug-likeness (QED) is 0.795. The third-order valence-electron chi connectivity index (χ3n) is 4.84. The minimum atomic E-state index is 0.803. The van der Waals surface area contributed by atoms with Crippen molar-refractivity contribution in [1.29, 1.82) is 0 Å². The van der Waals surface area contributed by atoms with Crippen LogP contribution >= 0.6 is 0 Å². The van der Waals surface area contributed by atoms with Crippen LogP contribution in [0, 0.1) is 11.8 Å². The molecule has 0 aromatic rings. The molecule has 0 radical (unpaired) electrons. The van der Waals surface area contributed by atoms with Crippen molar-refractivity contribution in [2.75, 3.05) is 20.1 Å². The first-order chi connectivity index (χ1) is 7.81. The summed E-state index contributed by atoms with van der Waals surface area (Å²) in [6.07, 6.45) is 11.4. The molecule has 0 spiro atoms. The maximum Gasteiger partial charge on any atom is 0.00923 e. The van der Waals surface area contributed by atoms with Gasteiger partial charge in [-0.25, -0.2) is 0 Å². The van der Waals surface area contributed by atoms with E-state index in [1.807, 2.05) is 0 Å². The van der Waals surface area contributed by atoms with Crippen molar-refractivity contribution in [3.63, 3.8) is 0 Å². The summed E-state index contributed by atoms with van der Waals surface area (Å²) in [5, 5.41) is 0. The predicted molar refractivity (Wildman–Crippen MR) is 69.4 cm³/mol. The van der Waals surface area contributed by atoms with Crippen molar-refractivity contribution in [2.24, 2.45) is 17.6 Å². The van der Waals surface area contributed by atoms with E-state index in [0.29, 0.717) is 0 Å². The van der Waals surface area contributed by atoms with Gasteiger partial charge in [0, 0.05) is 12.6 Å². The molecule has 2 saturated carbocycles. The highest BCUT2D eigenvalue weighted by atomic mass is 15.1. The van der Waals surface area contributed by atoms with E-state index in [0.717, 1.165) is 24.4 Å². The molecule has 0 heterocycles. The maximum atomic E-state index is 5.90. The van der Waals surface area contributed by atoms with Crippen molar-refractivity contribution in [3.05, 3.63) is 0 Å². The Balaban J connectivity index is 1.81. The monoisotopic (exact) mass is 224 g/mol. The molecule has 2 nitrogen and oxygen atoms in total. The third kappa shape index (κ3) is 2.98. The Morgan fingerprint density at radius 1 is 0.938 bits per heavy atom. The molecule has 2 fully saturated rings. The number of hydrogen-bond donors (Lipinski definition) is 1. The first-order valence-corrected chi connectivity index (χ1v) is 7.21. The second-order valence-electron chi connectivity index (χ2n) is 5.92. The predicted octanol–water partition coefficient (Wildman–Crippen LogP) is 2.63. The molecular weight excluding hydrogens is 196 g/mol. The summed E-state index contributed by atoms with van der Waals surface area (Å²) in [6.45, 7) is 2.20. The van der Waals surface area contributed by atoms with Crippen LogP contribution in [-0.2, 0) is 0 Å². The Morgan fingerprint density at radius 2 is 1.50 bits per heavy atom. The molecule has 0 aliphatic heterocycles. The van der Waals surface area contributed by atoms with Crippen LogP contribution < -0.4 is 5.73 Å². The van der Waals surface area contributed by atoms with Crippen molar-refractivity contribution in [2.45, 2.75) is 57.4 Å². The van der Waals surface area contributed by atoms with E-state index in [4.69, 9.17) is 5.73 Å². The van der Waals surface area contributed by atoms with E-state index >= 15 is 0 Å². The van der Waals surface area contributed by atoms with Gasteiger partial charge in [0.25, 0.3) is 0 Å². The lowest BCUT2D eigenvalue weighted by Crippen LogP contribution is -2.39. The summed E-state index contributed by atoms with van der Waals surface area (Å²) in [4.78, 5) is 2.63. The van der Waals surface area contributed by atoms with Gasteiger partial charge < -0.3 is 10.6 Å². The topological polar surface area (TPSA) is 29.3 Å². The minimum Gasteiger partial charge on any atom is -0.330 e. The molecule has 2 heteroatoms. The summed E-state index contributed by atoms with van der Waals surface area (Å²) in [7, 11) is 2.33. The van der Waals surface area contributed by atoms with Crippen LogP contribution in [-0.4, -0.2) is 31.1 Å². The SMILES string of the molecule is CN(CC1CCCCC1CN)C1CCCC1. The summed E-state index contributed by atoms with van der Waals surface area (Å²) >= 11 is 0. The zero-order valence-corrected chi connectivity index (χ0v) is 10.8. The van der Waals surface area contributed by atoms with Gasteiger partial charge in [0.15, 0.2) is 0 Å². The van der Waals surface area contributed by atoms with Gasteiger partial charge in [-0.2, -0.15) is 0 Å². The largest absolute Gasteiger partial charge is 0.330 e. The summed E-state index contributed by atoms with van der Waals surface area (Å²) in [5.41, 5.74) is 5.90. The normalized spacial score (nSPS) is 32.4. The molecule has 94 valence electrons. The van der Waals surface area contributed by atoms with Gasteiger partial charge in [-0.15, -0.1) is 0 Å². The highest BCUT2D eigenvalue weighted by Gasteiger charge is 2.27. The Morgan fingerprint density at radius 3 is 2.12 bits per heavy atom. The average Bonchev–Trinajstić information content (AvgIpc) is 2.83. The standard InChI is InChI=1S/C14H28N2/c1-16(14-8-4-5-9-14)11-13-7-3-2-6-12(13)10-15/h12-14H,2-11,15H2,1H3. The van der Waals surface area contributed by atoms with Crippen LogP contribution in [0.3, 0.4) is 0 Å². The molecule has 0 aromatic heterocycles. The van der Waals surface area contributed by atoms with Gasteiger partial charge in [-0.3, -0.25) is 0 Å². The minimum absolute atomic E-state index is 0.803. The molecule has 2 atom stereocenters. The van der Waals surface area contributed by atoms with Gasteiger partial charge in [0.05, 0.1) is 0 Å². The lowest BCUT2D eigenvalue weighted by Gasteiger charge is -2.35. The van der Waals surface area contributed by atoms with E-state index in [1.165, 1.54) is 57.9 Å². The molecule has 2 aliphatic carbocycles. The van der Waals surface area contributed by atoms with Gasteiger partial charge in [0.1, 0.15) is 0 Å². The Hall–Kier alpha value is -0.0800. The first-order valence-electron chi connectivity index (χ1n) is 7.21. The number of nitrogens with zero attached hydrogens (tertiary/aromatic N) is 1. The molecule has 2 aliphatic rings. The van der Waals surface area contributed by atoms with Crippen LogP contribution in [0.2, 0.25) is 0 Å². The Bertz CT molecular complexity index is 199. The van der Waals surface area contributed by atoms with Crippen LogP contribution in [0.1, 0.15) is 51.4 Å². The fourth-order valence-electron chi connectivity index (χ4n) is 3.70. The molecule has 16 heavy (non-hydrogen) atoms. The van der Waals surface area contributed by atoms with Gasteiger partial charge in [-0.1, -0.05) is 25.7 Å². The second-order valence-corrected chi connectivity index (χ2v) is 5.92. The molecule has 2 unspecified atom stereocenters. The van der Waals surface area contributed by atoms with E-state index in [-0.39, 0.29) is 0 Å². The van der Waals surface area contributed by atoms with E-state index in [9.17, 15) is 0 Å². The van der Waals surface area contributed by atoms with Crippen LogP contribution in [0.25, 0.3) is 0 Å². The number of nitrogens with two attached hydrogens (primary N) is 1. The Labute approximate surface area is 101 Å². The molecular formula is C14H28N2. The first kappa shape index (κ1) is 12.4. The summed E-state index contributed by atoms with van der Waals surface area (Å²) in [5.74, 6) is 1.68. The summed E-state index contributed by atoms with van der Waals surface area (Å²) < 4.78 is 0. The summed E-state index contributed by atoms with van der Waals surface area (Å²) in [6, 6.07) is 0.875. The average molecular weight is 224 g/mol. The van der Waals surface area contributed by atoms with Gasteiger partial charge in [-0.05, 0) is 51.1 Å². The molecule has 0 bridgehead atoms. The van der Waals surface area contributed by atoms with Crippen molar-refractivity contribution in [3.8, 4) is 0 Å². The highest BCUT2D eigenvalue weighted by molar-refractivity contribution is 4.82. The molecule has 0 amide bonds. The van der Waals surface area contributed by atoms with Crippen LogP contribution in [0.15, 0.2) is 0 Å². The number of hydrogen-bond acceptors (Lipinski definition) is 2. The second kappa shape index (κ2) is 6.02. The molecule has 0 saturated heterocycles. The number of rotatable bonds is 4. The fraction of sp³-hybridized carbons (Fsp3) is 1.00. The van der Waals surface area contributed by atoms with E-state index in [2.05, 4.69) is 11.9 Å². The third-order valence-corrected chi connectivity index (χ3v) is 4.84. The van der Waals surface area contributed by atoms with E-state index in [1.54, 1.807) is 0 Å². The zero-order chi connectivity index (χ0) is 11.4. The van der Waals surface area contributed by atoms with Gasteiger partial charge in [0.2, 0.25) is 0 Å². The molecule has 2 N–H and O–H groups in total. The van der Waals surface area contributed by atoms with Gasteiger partial charge >= 0.3 is 0 Å². The lowest BCUT2D eigenvalue weighted by atomic mass is 9.79. The smallest absolute Gasteiger partial charge is 0.00923 e. The zero-order valence-electron chi connectivity index (χ0n) is 10.8. The molecule has 2 rings (SSSR count). The van der Waals surface area contributed by atoms with E-state index < -0.39 is 0 Å². The van der Waals surface area contributed by atoms with Crippen molar-refractivity contribution >= 4 is 0 Å². The van der Waals surface area contributed by atoms with Crippen LogP contribution in [0.5, 0.6) is 0 Å². The molecule has 0 aromatic carbocycles. The Kier molecular flexibility index (Phi) is 4.66. The maximum absolute atomic E-state index is 5.90. The highest BCUT2D eigenvalue weighted by Crippen LogP contribution is 2.31. The van der Waals surface area contributed by atoms with Crippen molar-refractivity contribution in [1.82, 2.24) is 4.90 Å². The fourth-order valence-corrected chi connectivity index (χ4v) is 3.70. The lowest BCUT2D eigenvalue weighted by molar-refractivity contribution is 0.143. The van der Waals surface area contributed by atoms with Crippen molar-refractivity contribution < 1.29 is 0 Å². The van der Waals surface area contributed by atoms with Crippen LogP contribution in [0.4, 0.5) is 0 Å².